The quantitative estimate of drug-likeness (QED) is 0.833. The molecule has 2 amide bonds. The molecule has 5 nitrogen and oxygen atoms in total. The maximum absolute atomic E-state index is 11.9. The van der Waals surface area contributed by atoms with Crippen LogP contribution in [0.15, 0.2) is 18.2 Å². The second-order valence-corrected chi connectivity index (χ2v) is 5.31. The Labute approximate surface area is 134 Å². The monoisotopic (exact) mass is 332 g/mol. The molecular formula is C14H18Cl2N2O3. The van der Waals surface area contributed by atoms with Gasteiger partial charge in [-0.2, -0.15) is 0 Å². The minimum Gasteiger partial charge on any atom is -0.482 e. The highest BCUT2D eigenvalue weighted by Crippen LogP contribution is 2.27. The van der Waals surface area contributed by atoms with Crippen LogP contribution < -0.4 is 10.1 Å². The Balaban J connectivity index is 2.45. The van der Waals surface area contributed by atoms with Crippen LogP contribution >= 0.6 is 23.2 Å². The van der Waals surface area contributed by atoms with Gasteiger partial charge in [-0.1, -0.05) is 30.1 Å². The number of carbonyl (C=O) groups excluding carboxylic acids is 2. The van der Waals surface area contributed by atoms with E-state index >= 15 is 0 Å². The van der Waals surface area contributed by atoms with Crippen molar-refractivity contribution in [2.75, 3.05) is 26.7 Å². The number of hydrogen-bond donors (Lipinski definition) is 1. The third-order valence-corrected chi connectivity index (χ3v) is 3.17. The molecule has 0 unspecified atom stereocenters. The first-order valence-corrected chi connectivity index (χ1v) is 7.28. The SMILES string of the molecule is CCCNC(=O)CN(C)C(=O)COc1cc(Cl)ccc1Cl. The summed E-state index contributed by atoms with van der Waals surface area (Å²) in [6, 6.07) is 4.75. The highest BCUT2D eigenvalue weighted by Gasteiger charge is 2.14. The van der Waals surface area contributed by atoms with Crippen molar-refractivity contribution in [2.45, 2.75) is 13.3 Å². The van der Waals surface area contributed by atoms with Gasteiger partial charge in [0.05, 0.1) is 11.6 Å². The summed E-state index contributed by atoms with van der Waals surface area (Å²) < 4.78 is 5.32. The minimum absolute atomic E-state index is 0.00846. The van der Waals surface area contributed by atoms with Crippen molar-refractivity contribution in [3.8, 4) is 5.75 Å². The molecule has 0 spiro atoms. The molecule has 0 fully saturated rings. The van der Waals surface area contributed by atoms with Crippen LogP contribution in [0, 0.1) is 0 Å². The lowest BCUT2D eigenvalue weighted by Crippen LogP contribution is -2.40. The second-order valence-electron chi connectivity index (χ2n) is 4.46. The fourth-order valence-corrected chi connectivity index (χ4v) is 1.80. The lowest BCUT2D eigenvalue weighted by atomic mass is 10.3. The maximum atomic E-state index is 11.9. The van der Waals surface area contributed by atoms with E-state index in [4.69, 9.17) is 27.9 Å². The average Bonchev–Trinajstić information content (AvgIpc) is 2.45. The molecule has 1 rings (SSSR count). The smallest absolute Gasteiger partial charge is 0.260 e. The molecule has 21 heavy (non-hydrogen) atoms. The van der Waals surface area contributed by atoms with Crippen molar-refractivity contribution in [1.82, 2.24) is 10.2 Å². The Morgan fingerprint density at radius 3 is 2.71 bits per heavy atom. The number of carbonyl (C=O) groups is 2. The second kappa shape index (κ2) is 8.74. The molecule has 0 atom stereocenters. The Kier molecular flexibility index (Phi) is 7.32. The van der Waals surface area contributed by atoms with Gasteiger partial charge in [-0.25, -0.2) is 0 Å². The van der Waals surface area contributed by atoms with Crippen LogP contribution in [0.2, 0.25) is 10.0 Å². The lowest BCUT2D eigenvalue weighted by Gasteiger charge is -2.17. The number of hydrogen-bond acceptors (Lipinski definition) is 3. The van der Waals surface area contributed by atoms with Gasteiger partial charge in [0.1, 0.15) is 5.75 Å². The summed E-state index contributed by atoms with van der Waals surface area (Å²) in [6.45, 7) is 2.33. The van der Waals surface area contributed by atoms with Gasteiger partial charge in [0.15, 0.2) is 6.61 Å². The number of likely N-dealkylation sites (N-methyl/N-ethyl adjacent to an activating group) is 1. The van der Waals surface area contributed by atoms with E-state index in [2.05, 4.69) is 5.32 Å². The molecule has 0 heterocycles. The molecule has 7 heteroatoms. The van der Waals surface area contributed by atoms with E-state index < -0.39 is 0 Å². The molecule has 1 aromatic carbocycles. The molecule has 0 aliphatic heterocycles. The van der Waals surface area contributed by atoms with E-state index in [9.17, 15) is 9.59 Å². The fraction of sp³-hybridized carbons (Fsp3) is 0.429. The van der Waals surface area contributed by atoms with E-state index in [1.165, 1.54) is 18.0 Å². The van der Waals surface area contributed by atoms with Gasteiger partial charge in [-0.05, 0) is 18.6 Å². The van der Waals surface area contributed by atoms with Crippen LogP contribution in [0.3, 0.4) is 0 Å². The van der Waals surface area contributed by atoms with Gasteiger partial charge in [0.25, 0.3) is 5.91 Å². The first-order valence-electron chi connectivity index (χ1n) is 6.52. The van der Waals surface area contributed by atoms with Gasteiger partial charge in [-0.3, -0.25) is 9.59 Å². The zero-order chi connectivity index (χ0) is 15.8. The number of nitrogens with one attached hydrogen (secondary N) is 1. The number of ether oxygens (including phenoxy) is 1. The van der Waals surface area contributed by atoms with Crippen molar-refractivity contribution in [2.24, 2.45) is 0 Å². The standard InChI is InChI=1S/C14H18Cl2N2O3/c1-3-6-17-13(19)8-18(2)14(20)9-21-12-7-10(15)4-5-11(12)16/h4-5,7H,3,6,8-9H2,1-2H3,(H,17,19). The van der Waals surface area contributed by atoms with Crippen LogP contribution in [0.25, 0.3) is 0 Å². The molecule has 0 saturated carbocycles. The van der Waals surface area contributed by atoms with Crippen LogP contribution in [0.1, 0.15) is 13.3 Å². The van der Waals surface area contributed by atoms with Crippen molar-refractivity contribution in [3.63, 3.8) is 0 Å². The molecule has 0 aliphatic rings. The molecule has 1 N–H and O–H groups in total. The zero-order valence-corrected chi connectivity index (χ0v) is 13.5. The Morgan fingerprint density at radius 1 is 1.33 bits per heavy atom. The normalized spacial score (nSPS) is 10.1. The summed E-state index contributed by atoms with van der Waals surface area (Å²) in [6.07, 6.45) is 0.847. The number of nitrogens with zero attached hydrogens (tertiary/aromatic N) is 1. The lowest BCUT2D eigenvalue weighted by molar-refractivity contribution is -0.136. The van der Waals surface area contributed by atoms with E-state index in [0.717, 1.165) is 6.42 Å². The first kappa shape index (κ1) is 17.6. The summed E-state index contributed by atoms with van der Waals surface area (Å²) in [4.78, 5) is 24.7. The van der Waals surface area contributed by atoms with Crippen LogP contribution in [0.4, 0.5) is 0 Å². The number of amides is 2. The summed E-state index contributed by atoms with van der Waals surface area (Å²) >= 11 is 11.8. The van der Waals surface area contributed by atoms with E-state index in [1.54, 1.807) is 12.1 Å². The Bertz CT molecular complexity index is 509. The number of benzene rings is 1. The first-order chi connectivity index (χ1) is 9.93. The van der Waals surface area contributed by atoms with Crippen LogP contribution in [0.5, 0.6) is 5.75 Å². The largest absolute Gasteiger partial charge is 0.482 e. The Hall–Kier alpha value is -1.46. The van der Waals surface area contributed by atoms with Crippen molar-refractivity contribution >= 4 is 35.0 Å². The third kappa shape index (κ3) is 6.23. The minimum atomic E-state index is -0.322. The Morgan fingerprint density at radius 2 is 2.05 bits per heavy atom. The summed E-state index contributed by atoms with van der Waals surface area (Å²) in [7, 11) is 1.54. The van der Waals surface area contributed by atoms with E-state index in [0.29, 0.717) is 22.3 Å². The topological polar surface area (TPSA) is 58.6 Å². The predicted molar refractivity (Wildman–Crippen MR) is 82.9 cm³/mol. The average molecular weight is 333 g/mol. The van der Waals surface area contributed by atoms with Gasteiger partial charge in [0, 0.05) is 24.7 Å². The molecule has 116 valence electrons. The highest BCUT2D eigenvalue weighted by molar-refractivity contribution is 6.34. The van der Waals surface area contributed by atoms with E-state index in [1.807, 2.05) is 6.92 Å². The molecule has 0 bridgehead atoms. The number of halogens is 2. The van der Waals surface area contributed by atoms with Crippen molar-refractivity contribution in [3.05, 3.63) is 28.2 Å². The fourth-order valence-electron chi connectivity index (χ4n) is 1.46. The summed E-state index contributed by atoms with van der Waals surface area (Å²) in [5.41, 5.74) is 0. The molecule has 0 aliphatic carbocycles. The third-order valence-electron chi connectivity index (χ3n) is 2.62. The van der Waals surface area contributed by atoms with Gasteiger partial charge in [-0.15, -0.1) is 0 Å². The zero-order valence-electron chi connectivity index (χ0n) is 12.0. The highest BCUT2D eigenvalue weighted by atomic mass is 35.5. The van der Waals surface area contributed by atoms with Crippen molar-refractivity contribution < 1.29 is 14.3 Å². The predicted octanol–water partition coefficient (Wildman–Crippen LogP) is 2.36. The van der Waals surface area contributed by atoms with Crippen LogP contribution in [-0.4, -0.2) is 43.5 Å². The maximum Gasteiger partial charge on any atom is 0.260 e. The van der Waals surface area contributed by atoms with Gasteiger partial charge in [0.2, 0.25) is 5.91 Å². The molecule has 0 aromatic heterocycles. The molecule has 0 radical (unpaired) electrons. The number of rotatable bonds is 7. The molecular weight excluding hydrogens is 315 g/mol. The van der Waals surface area contributed by atoms with Crippen molar-refractivity contribution in [1.29, 1.82) is 0 Å². The summed E-state index contributed by atoms with van der Waals surface area (Å²) in [5.74, 6) is -0.187. The molecule has 1 aromatic rings. The van der Waals surface area contributed by atoms with Gasteiger partial charge < -0.3 is 15.0 Å². The van der Waals surface area contributed by atoms with Crippen LogP contribution in [-0.2, 0) is 9.59 Å². The summed E-state index contributed by atoms with van der Waals surface area (Å²) in [5, 5.41) is 3.53. The van der Waals surface area contributed by atoms with E-state index in [-0.39, 0.29) is 25.0 Å². The van der Waals surface area contributed by atoms with Gasteiger partial charge >= 0.3 is 0 Å². The molecule has 0 saturated heterocycles.